The molecule has 1 fully saturated rings. The Morgan fingerprint density at radius 2 is 2.20 bits per heavy atom. The highest BCUT2D eigenvalue weighted by Gasteiger charge is 2.41. The van der Waals surface area contributed by atoms with Gasteiger partial charge < -0.3 is 9.76 Å². The number of nitrogens with zero attached hydrogens (tertiary/aromatic N) is 1. The SMILES string of the molecule is CB(I)OC1(C)CN(C(C)C)CCC1O. The number of rotatable bonds is 3. The van der Waals surface area contributed by atoms with Gasteiger partial charge in [-0.05, 0) is 34.0 Å². The summed E-state index contributed by atoms with van der Waals surface area (Å²) < 4.78 is 6.00. The molecule has 0 aromatic rings. The third-order valence-corrected chi connectivity index (χ3v) is 3.33. The maximum absolute atomic E-state index is 10.0. The molecule has 5 heteroatoms. The fraction of sp³-hybridized carbons (Fsp3) is 1.00. The van der Waals surface area contributed by atoms with Gasteiger partial charge in [-0.2, -0.15) is 0 Å². The van der Waals surface area contributed by atoms with Crippen LogP contribution in [0, 0.1) is 0 Å². The van der Waals surface area contributed by atoms with Gasteiger partial charge in [-0.25, -0.2) is 0 Å². The average Bonchev–Trinajstić information content (AvgIpc) is 2.08. The van der Waals surface area contributed by atoms with Crippen LogP contribution in [0.5, 0.6) is 0 Å². The van der Waals surface area contributed by atoms with Crippen molar-refractivity contribution in [3.05, 3.63) is 0 Å². The van der Waals surface area contributed by atoms with Crippen molar-refractivity contribution in [3.8, 4) is 0 Å². The van der Waals surface area contributed by atoms with Gasteiger partial charge in [0.1, 0.15) is 0 Å². The Labute approximate surface area is 107 Å². The van der Waals surface area contributed by atoms with E-state index >= 15 is 0 Å². The number of hydrogen-bond donors (Lipinski definition) is 1. The van der Waals surface area contributed by atoms with E-state index in [1.165, 1.54) is 0 Å². The Balaban J connectivity index is 2.67. The molecule has 3 nitrogen and oxygen atoms in total. The van der Waals surface area contributed by atoms with Crippen LogP contribution in [0.4, 0.5) is 0 Å². The average molecular weight is 325 g/mol. The first-order valence-corrected chi connectivity index (χ1v) is 6.84. The monoisotopic (exact) mass is 325 g/mol. The summed E-state index contributed by atoms with van der Waals surface area (Å²) in [5, 5.41) is 10.0. The summed E-state index contributed by atoms with van der Waals surface area (Å²) in [4.78, 5) is 2.37. The summed E-state index contributed by atoms with van der Waals surface area (Å²) >= 11 is 2.24. The van der Waals surface area contributed by atoms with Crippen LogP contribution in [-0.4, -0.2) is 45.6 Å². The lowest BCUT2D eigenvalue weighted by Crippen LogP contribution is -2.59. The molecule has 0 aromatic heterocycles. The van der Waals surface area contributed by atoms with E-state index in [0.717, 1.165) is 19.5 Å². The molecule has 1 aliphatic heterocycles. The molecule has 1 aliphatic rings. The number of likely N-dealkylation sites (tertiary alicyclic amines) is 1. The van der Waals surface area contributed by atoms with Crippen molar-refractivity contribution in [2.75, 3.05) is 13.1 Å². The minimum absolute atomic E-state index is 0.134. The van der Waals surface area contributed by atoms with Crippen LogP contribution in [0.25, 0.3) is 0 Å². The van der Waals surface area contributed by atoms with Crippen molar-refractivity contribution in [2.45, 2.75) is 51.8 Å². The normalized spacial score (nSPS) is 33.4. The van der Waals surface area contributed by atoms with E-state index in [9.17, 15) is 5.11 Å². The second kappa shape index (κ2) is 5.34. The van der Waals surface area contributed by atoms with E-state index in [-0.39, 0.29) is 10.9 Å². The van der Waals surface area contributed by atoms with Crippen molar-refractivity contribution < 1.29 is 9.76 Å². The number of hydrogen-bond acceptors (Lipinski definition) is 3. The zero-order valence-corrected chi connectivity index (χ0v) is 12.2. The standard InChI is InChI=1S/C10H21BINO2/c1-8(2)13-6-5-9(14)10(3,7-13)15-11(4)12/h8-9,14H,5-7H2,1-4H3. The Morgan fingerprint density at radius 1 is 1.60 bits per heavy atom. The van der Waals surface area contributed by atoms with Gasteiger partial charge in [-0.3, -0.25) is 4.90 Å². The molecule has 0 amide bonds. The Bertz CT molecular complexity index is 216. The summed E-state index contributed by atoms with van der Waals surface area (Å²) in [6, 6.07) is 0.518. The largest absolute Gasteiger partial charge is 0.417 e. The van der Waals surface area contributed by atoms with Crippen molar-refractivity contribution in [1.29, 1.82) is 0 Å². The minimum Gasteiger partial charge on any atom is -0.417 e. The third kappa shape index (κ3) is 3.58. The maximum atomic E-state index is 10.0. The topological polar surface area (TPSA) is 32.7 Å². The fourth-order valence-electron chi connectivity index (χ4n) is 2.11. The molecule has 1 heterocycles. The summed E-state index contributed by atoms with van der Waals surface area (Å²) in [6.07, 6.45) is 0.461. The predicted octanol–water partition coefficient (Wildman–Crippen LogP) is 1.79. The molecule has 0 aromatic carbocycles. The highest BCUT2D eigenvalue weighted by atomic mass is 127. The highest BCUT2D eigenvalue weighted by molar-refractivity contribution is 14.1. The van der Waals surface area contributed by atoms with Gasteiger partial charge >= 0.3 is 4.77 Å². The zero-order valence-electron chi connectivity index (χ0n) is 10.0. The molecule has 1 N–H and O–H groups in total. The molecule has 0 aliphatic carbocycles. The number of aliphatic hydroxyl groups excluding tert-OH is 1. The summed E-state index contributed by atoms with van der Waals surface area (Å²) in [6.45, 7) is 10.2. The molecule has 1 rings (SSSR count). The molecule has 0 bridgehead atoms. The van der Waals surface area contributed by atoms with Crippen LogP contribution >= 0.6 is 22.4 Å². The number of piperidine rings is 1. The van der Waals surface area contributed by atoms with Gasteiger partial charge in [0, 0.05) is 19.1 Å². The van der Waals surface area contributed by atoms with Crippen molar-refractivity contribution in [3.63, 3.8) is 0 Å². The summed E-state index contributed by atoms with van der Waals surface area (Å²) in [5.74, 6) is 0. The van der Waals surface area contributed by atoms with Gasteiger partial charge in [-0.1, -0.05) is 0 Å². The smallest absolute Gasteiger partial charge is 0.362 e. The number of halogens is 1. The predicted molar refractivity (Wildman–Crippen MR) is 72.5 cm³/mol. The molecule has 0 spiro atoms. The Hall–Kier alpha value is 0.675. The molecule has 1 saturated heterocycles. The van der Waals surface area contributed by atoms with Gasteiger partial charge in [-0.15, -0.1) is 22.4 Å². The lowest BCUT2D eigenvalue weighted by atomic mass is 9.88. The molecular formula is C10H21BINO2. The maximum Gasteiger partial charge on any atom is 0.362 e. The lowest BCUT2D eigenvalue weighted by molar-refractivity contribution is -0.0977. The van der Waals surface area contributed by atoms with E-state index < -0.39 is 5.60 Å². The first kappa shape index (κ1) is 13.7. The van der Waals surface area contributed by atoms with Gasteiger partial charge in [0.2, 0.25) is 0 Å². The zero-order chi connectivity index (χ0) is 11.6. The summed E-state index contributed by atoms with van der Waals surface area (Å²) in [7, 11) is 0. The molecule has 15 heavy (non-hydrogen) atoms. The van der Waals surface area contributed by atoms with Crippen LogP contribution in [0.15, 0.2) is 0 Å². The quantitative estimate of drug-likeness (QED) is 0.634. The molecular weight excluding hydrogens is 304 g/mol. The van der Waals surface area contributed by atoms with Crippen molar-refractivity contribution in [1.82, 2.24) is 4.90 Å². The molecule has 2 unspecified atom stereocenters. The first-order valence-electron chi connectivity index (χ1n) is 5.59. The van der Waals surface area contributed by atoms with E-state index in [4.69, 9.17) is 4.65 Å². The van der Waals surface area contributed by atoms with E-state index in [1.54, 1.807) is 0 Å². The Morgan fingerprint density at radius 3 is 2.67 bits per heavy atom. The number of aliphatic hydroxyl groups is 1. The molecule has 88 valence electrons. The minimum atomic E-state index is -0.414. The molecule has 0 radical (unpaired) electrons. The third-order valence-electron chi connectivity index (χ3n) is 3.07. The van der Waals surface area contributed by atoms with E-state index in [1.807, 2.05) is 13.7 Å². The summed E-state index contributed by atoms with van der Waals surface area (Å²) in [5.41, 5.74) is -0.414. The van der Waals surface area contributed by atoms with Crippen LogP contribution in [0.2, 0.25) is 6.82 Å². The molecule has 2 atom stereocenters. The van der Waals surface area contributed by atoms with Crippen LogP contribution in [0.1, 0.15) is 27.2 Å². The first-order chi connectivity index (χ1) is 6.85. The van der Waals surface area contributed by atoms with Crippen LogP contribution < -0.4 is 0 Å². The van der Waals surface area contributed by atoms with Gasteiger partial charge in [0.15, 0.2) is 0 Å². The van der Waals surface area contributed by atoms with Crippen molar-refractivity contribution >= 4 is 27.1 Å². The van der Waals surface area contributed by atoms with Gasteiger partial charge in [0.25, 0.3) is 0 Å². The van der Waals surface area contributed by atoms with Crippen LogP contribution in [-0.2, 0) is 4.65 Å². The molecule has 0 saturated carbocycles. The highest BCUT2D eigenvalue weighted by Crippen LogP contribution is 2.28. The van der Waals surface area contributed by atoms with Gasteiger partial charge in [0.05, 0.1) is 11.7 Å². The van der Waals surface area contributed by atoms with E-state index in [2.05, 4.69) is 41.1 Å². The van der Waals surface area contributed by atoms with E-state index in [0.29, 0.717) is 6.04 Å². The Kier molecular flexibility index (Phi) is 4.89. The fourth-order valence-corrected chi connectivity index (χ4v) is 2.69. The lowest BCUT2D eigenvalue weighted by Gasteiger charge is -2.46. The second-order valence-electron chi connectivity index (χ2n) is 4.84. The second-order valence-corrected chi connectivity index (χ2v) is 6.60. The van der Waals surface area contributed by atoms with Crippen LogP contribution in [0.3, 0.4) is 0 Å². The van der Waals surface area contributed by atoms with Crippen molar-refractivity contribution in [2.24, 2.45) is 0 Å².